The molecular weight excluding hydrogens is 248 g/mol. The number of hydrogen-bond acceptors (Lipinski definition) is 3. The maximum absolute atomic E-state index is 5.46. The first-order chi connectivity index (χ1) is 9.76. The third-order valence-electron chi connectivity index (χ3n) is 4.24. The summed E-state index contributed by atoms with van der Waals surface area (Å²) in [6.07, 6.45) is 2.68. The molecule has 0 aromatic heterocycles. The fourth-order valence-corrected chi connectivity index (χ4v) is 2.93. The molecule has 0 aliphatic carbocycles. The molecule has 1 heterocycles. The molecule has 20 heavy (non-hydrogen) atoms. The van der Waals surface area contributed by atoms with Gasteiger partial charge in [0, 0.05) is 32.8 Å². The van der Waals surface area contributed by atoms with E-state index in [4.69, 9.17) is 4.74 Å². The van der Waals surface area contributed by atoms with Gasteiger partial charge in [0.2, 0.25) is 0 Å². The zero-order valence-electron chi connectivity index (χ0n) is 13.1. The molecule has 0 saturated carbocycles. The quantitative estimate of drug-likeness (QED) is 0.828. The summed E-state index contributed by atoms with van der Waals surface area (Å²) in [5, 5.41) is 3.61. The topological polar surface area (TPSA) is 24.5 Å². The Hall–Kier alpha value is -0.900. The molecule has 112 valence electrons. The van der Waals surface area contributed by atoms with Crippen LogP contribution in [0.5, 0.6) is 0 Å². The molecule has 1 aromatic rings. The van der Waals surface area contributed by atoms with Crippen LogP contribution in [0.25, 0.3) is 0 Å². The number of hydrogen-bond donors (Lipinski definition) is 1. The second-order valence-electron chi connectivity index (χ2n) is 5.61. The fraction of sp³-hybridized carbons (Fsp3) is 0.647. The molecule has 3 heteroatoms. The SMILES string of the molecule is CCNC(CN1CCC(OC)C1)c1ccc(CC)cc1. The van der Waals surface area contributed by atoms with Crippen molar-refractivity contribution in [1.82, 2.24) is 10.2 Å². The van der Waals surface area contributed by atoms with Gasteiger partial charge in [0.1, 0.15) is 0 Å². The number of benzene rings is 1. The van der Waals surface area contributed by atoms with Gasteiger partial charge >= 0.3 is 0 Å². The van der Waals surface area contributed by atoms with Crippen LogP contribution in [-0.2, 0) is 11.2 Å². The third kappa shape index (κ3) is 4.05. The van der Waals surface area contributed by atoms with E-state index in [9.17, 15) is 0 Å². The molecule has 0 amide bonds. The van der Waals surface area contributed by atoms with E-state index < -0.39 is 0 Å². The lowest BCUT2D eigenvalue weighted by molar-refractivity contribution is 0.107. The van der Waals surface area contributed by atoms with Crippen LogP contribution in [0.2, 0.25) is 0 Å². The Balaban J connectivity index is 1.98. The number of aryl methyl sites for hydroxylation is 1. The van der Waals surface area contributed by atoms with Crippen molar-refractivity contribution < 1.29 is 4.74 Å². The maximum atomic E-state index is 5.46. The molecule has 1 saturated heterocycles. The van der Waals surface area contributed by atoms with Crippen molar-refractivity contribution in [3.8, 4) is 0 Å². The first-order valence-electron chi connectivity index (χ1n) is 7.84. The third-order valence-corrected chi connectivity index (χ3v) is 4.24. The van der Waals surface area contributed by atoms with Crippen LogP contribution >= 0.6 is 0 Å². The second-order valence-corrected chi connectivity index (χ2v) is 5.61. The smallest absolute Gasteiger partial charge is 0.0710 e. The molecule has 1 aliphatic heterocycles. The van der Waals surface area contributed by atoms with Crippen molar-refractivity contribution in [3.63, 3.8) is 0 Å². The van der Waals surface area contributed by atoms with E-state index in [-0.39, 0.29) is 0 Å². The largest absolute Gasteiger partial charge is 0.380 e. The highest BCUT2D eigenvalue weighted by molar-refractivity contribution is 5.25. The summed E-state index contributed by atoms with van der Waals surface area (Å²) < 4.78 is 5.46. The minimum absolute atomic E-state index is 0.416. The van der Waals surface area contributed by atoms with E-state index in [1.54, 1.807) is 0 Å². The van der Waals surface area contributed by atoms with Crippen LogP contribution in [-0.4, -0.2) is 44.3 Å². The van der Waals surface area contributed by atoms with E-state index in [2.05, 4.69) is 48.3 Å². The number of likely N-dealkylation sites (N-methyl/N-ethyl adjacent to an activating group) is 1. The summed E-state index contributed by atoms with van der Waals surface area (Å²) >= 11 is 0. The highest BCUT2D eigenvalue weighted by Crippen LogP contribution is 2.19. The Labute approximate surface area is 123 Å². The van der Waals surface area contributed by atoms with E-state index in [1.807, 2.05) is 7.11 Å². The van der Waals surface area contributed by atoms with Crippen molar-refractivity contribution in [2.24, 2.45) is 0 Å². The molecule has 2 atom stereocenters. The predicted molar refractivity (Wildman–Crippen MR) is 84.1 cm³/mol. The number of methoxy groups -OCH3 is 1. The first kappa shape index (κ1) is 15.5. The molecule has 0 radical (unpaired) electrons. The van der Waals surface area contributed by atoms with Gasteiger partial charge in [-0.1, -0.05) is 38.1 Å². The van der Waals surface area contributed by atoms with Crippen LogP contribution in [0, 0.1) is 0 Å². The number of likely N-dealkylation sites (tertiary alicyclic amines) is 1. The van der Waals surface area contributed by atoms with Crippen molar-refractivity contribution in [3.05, 3.63) is 35.4 Å². The Kier molecular flexibility index (Phi) is 6.02. The van der Waals surface area contributed by atoms with Crippen molar-refractivity contribution in [2.75, 3.05) is 33.3 Å². The van der Waals surface area contributed by atoms with Gasteiger partial charge in [-0.05, 0) is 30.5 Å². The lowest BCUT2D eigenvalue weighted by Crippen LogP contribution is -2.34. The molecule has 1 N–H and O–H groups in total. The van der Waals surface area contributed by atoms with Gasteiger partial charge in [0.25, 0.3) is 0 Å². The summed E-state index contributed by atoms with van der Waals surface area (Å²) in [6, 6.07) is 9.47. The molecule has 2 unspecified atom stereocenters. The van der Waals surface area contributed by atoms with Crippen LogP contribution in [0.4, 0.5) is 0 Å². The molecule has 3 nitrogen and oxygen atoms in total. The predicted octanol–water partition coefficient (Wildman–Crippen LogP) is 2.62. The van der Waals surface area contributed by atoms with Crippen molar-refractivity contribution in [1.29, 1.82) is 0 Å². The summed E-state index contributed by atoms with van der Waals surface area (Å²) in [5.74, 6) is 0. The Morgan fingerprint density at radius 1 is 1.30 bits per heavy atom. The summed E-state index contributed by atoms with van der Waals surface area (Å²) in [7, 11) is 1.82. The van der Waals surface area contributed by atoms with Gasteiger partial charge in [-0.15, -0.1) is 0 Å². The van der Waals surface area contributed by atoms with Crippen LogP contribution < -0.4 is 5.32 Å². The van der Waals surface area contributed by atoms with Crippen LogP contribution in [0.1, 0.15) is 37.4 Å². The minimum Gasteiger partial charge on any atom is -0.380 e. The summed E-state index contributed by atoms with van der Waals surface area (Å²) in [5.41, 5.74) is 2.80. The number of rotatable bonds is 7. The zero-order valence-corrected chi connectivity index (χ0v) is 13.1. The van der Waals surface area contributed by atoms with Gasteiger partial charge < -0.3 is 10.1 Å². The van der Waals surface area contributed by atoms with Crippen molar-refractivity contribution >= 4 is 0 Å². The second kappa shape index (κ2) is 7.77. The van der Waals surface area contributed by atoms with Crippen LogP contribution in [0.15, 0.2) is 24.3 Å². The highest BCUT2D eigenvalue weighted by Gasteiger charge is 2.24. The minimum atomic E-state index is 0.416. The van der Waals surface area contributed by atoms with Gasteiger partial charge in [-0.25, -0.2) is 0 Å². The van der Waals surface area contributed by atoms with Gasteiger partial charge in [0.05, 0.1) is 6.10 Å². The number of nitrogens with zero attached hydrogens (tertiary/aromatic N) is 1. The molecule has 0 spiro atoms. The number of ether oxygens (including phenoxy) is 1. The lowest BCUT2D eigenvalue weighted by Gasteiger charge is -2.25. The van der Waals surface area contributed by atoms with Crippen molar-refractivity contribution in [2.45, 2.75) is 38.8 Å². The molecule has 2 rings (SSSR count). The lowest BCUT2D eigenvalue weighted by atomic mass is 10.0. The molecule has 0 bridgehead atoms. The molecule has 1 fully saturated rings. The summed E-state index contributed by atoms with van der Waals surface area (Å²) in [6.45, 7) is 8.65. The monoisotopic (exact) mass is 276 g/mol. The Bertz CT molecular complexity index is 390. The van der Waals surface area contributed by atoms with Gasteiger partial charge in [0.15, 0.2) is 0 Å². The highest BCUT2D eigenvalue weighted by atomic mass is 16.5. The van der Waals surface area contributed by atoms with E-state index in [0.29, 0.717) is 12.1 Å². The maximum Gasteiger partial charge on any atom is 0.0710 e. The normalized spacial score (nSPS) is 21.2. The van der Waals surface area contributed by atoms with E-state index >= 15 is 0 Å². The molecule has 1 aromatic carbocycles. The van der Waals surface area contributed by atoms with E-state index in [0.717, 1.165) is 39.0 Å². The first-order valence-corrected chi connectivity index (χ1v) is 7.84. The molecular formula is C17H28N2O. The fourth-order valence-electron chi connectivity index (χ4n) is 2.93. The average Bonchev–Trinajstić information content (AvgIpc) is 2.95. The summed E-state index contributed by atoms with van der Waals surface area (Å²) in [4.78, 5) is 2.51. The van der Waals surface area contributed by atoms with Crippen LogP contribution in [0.3, 0.4) is 0 Å². The Morgan fingerprint density at radius 3 is 2.60 bits per heavy atom. The van der Waals surface area contributed by atoms with E-state index in [1.165, 1.54) is 11.1 Å². The standard InChI is InChI=1S/C17H28N2O/c1-4-14-6-8-15(9-7-14)17(18-5-2)13-19-11-10-16(12-19)20-3/h6-9,16-18H,4-5,10-13H2,1-3H3. The molecule has 1 aliphatic rings. The average molecular weight is 276 g/mol. The number of nitrogens with one attached hydrogen (secondary N) is 1. The Morgan fingerprint density at radius 2 is 2.05 bits per heavy atom. The zero-order chi connectivity index (χ0) is 14.4. The van der Waals surface area contributed by atoms with Gasteiger partial charge in [-0.3, -0.25) is 4.90 Å². The van der Waals surface area contributed by atoms with Gasteiger partial charge in [-0.2, -0.15) is 0 Å².